The van der Waals surface area contributed by atoms with Crippen LogP contribution in [-0.4, -0.2) is 27.8 Å². The number of amides is 3. The van der Waals surface area contributed by atoms with Crippen molar-refractivity contribution in [3.05, 3.63) is 41.1 Å². The molecule has 2 fully saturated rings. The number of carbonyl (C=O) groups is 2. The molecule has 1 saturated heterocycles. The van der Waals surface area contributed by atoms with Crippen molar-refractivity contribution in [3.8, 4) is 0 Å². The number of nitrogens with one attached hydrogen (secondary N) is 4. The molecule has 8 heteroatoms. The van der Waals surface area contributed by atoms with Crippen LogP contribution in [0.15, 0.2) is 24.3 Å². The summed E-state index contributed by atoms with van der Waals surface area (Å²) in [5, 5.41) is 16.6. The van der Waals surface area contributed by atoms with Crippen molar-refractivity contribution in [2.75, 3.05) is 10.6 Å². The Morgan fingerprint density at radius 2 is 1.96 bits per heavy atom. The van der Waals surface area contributed by atoms with Crippen LogP contribution in [0.25, 0.3) is 0 Å². The van der Waals surface area contributed by atoms with Gasteiger partial charge in [0.25, 0.3) is 0 Å². The van der Waals surface area contributed by atoms with E-state index in [2.05, 4.69) is 26.4 Å². The van der Waals surface area contributed by atoms with Gasteiger partial charge in [-0.05, 0) is 56.9 Å². The van der Waals surface area contributed by atoms with E-state index in [9.17, 15) is 9.59 Å². The standard InChI is InChI=1S/C20H26N6O2/c1-11-7-8-14(9-12(11)2)21-20(28)23-17-10-13(3)25-26(17)19-22-16-6-4-5-15(16)18(27)24-19/h7-10,15-16,19,22H,4-6H2,1-3H3,(H,24,27)(H2,21,23,28). The van der Waals surface area contributed by atoms with E-state index >= 15 is 0 Å². The van der Waals surface area contributed by atoms with Gasteiger partial charge in [-0.2, -0.15) is 5.10 Å². The summed E-state index contributed by atoms with van der Waals surface area (Å²) >= 11 is 0. The van der Waals surface area contributed by atoms with Gasteiger partial charge in [0.05, 0.1) is 11.6 Å². The fraction of sp³-hybridized carbons (Fsp3) is 0.450. The summed E-state index contributed by atoms with van der Waals surface area (Å²) in [5.41, 5.74) is 3.76. The molecule has 4 N–H and O–H groups in total. The van der Waals surface area contributed by atoms with Crippen molar-refractivity contribution < 1.29 is 9.59 Å². The van der Waals surface area contributed by atoms with Crippen LogP contribution < -0.4 is 21.3 Å². The third-order valence-electron chi connectivity index (χ3n) is 5.61. The quantitative estimate of drug-likeness (QED) is 0.656. The lowest BCUT2D eigenvalue weighted by Gasteiger charge is -2.34. The first-order valence-corrected chi connectivity index (χ1v) is 9.68. The number of aromatic nitrogens is 2. The minimum atomic E-state index is -0.475. The van der Waals surface area contributed by atoms with Crippen molar-refractivity contribution in [2.45, 2.75) is 52.4 Å². The number of hydrogen-bond donors (Lipinski definition) is 4. The monoisotopic (exact) mass is 382 g/mol. The molecule has 2 aromatic rings. The second-order valence-corrected chi connectivity index (χ2v) is 7.72. The van der Waals surface area contributed by atoms with Crippen molar-refractivity contribution in [1.29, 1.82) is 0 Å². The highest BCUT2D eigenvalue weighted by Crippen LogP contribution is 2.30. The SMILES string of the molecule is Cc1cc(NC(=O)Nc2ccc(C)c(C)c2)n(C2NC(=O)C3CCCC3N2)n1. The lowest BCUT2D eigenvalue weighted by molar-refractivity contribution is -0.130. The summed E-state index contributed by atoms with van der Waals surface area (Å²) in [6.07, 6.45) is 2.46. The highest BCUT2D eigenvalue weighted by atomic mass is 16.2. The number of nitrogens with zero attached hydrogens (tertiary/aromatic N) is 2. The van der Waals surface area contributed by atoms with Gasteiger partial charge in [-0.3, -0.25) is 15.4 Å². The molecule has 0 radical (unpaired) electrons. The smallest absolute Gasteiger partial charge is 0.322 e. The number of fused-ring (bicyclic) bond motifs is 1. The Kier molecular flexibility index (Phi) is 4.80. The first kappa shape index (κ1) is 18.5. The zero-order valence-corrected chi connectivity index (χ0v) is 16.4. The predicted octanol–water partition coefficient (Wildman–Crippen LogP) is 2.80. The van der Waals surface area contributed by atoms with E-state index < -0.39 is 6.29 Å². The molecule has 1 aromatic heterocycles. The Morgan fingerprint density at radius 3 is 2.75 bits per heavy atom. The Morgan fingerprint density at radius 1 is 1.14 bits per heavy atom. The van der Waals surface area contributed by atoms with E-state index in [4.69, 9.17) is 0 Å². The van der Waals surface area contributed by atoms with Crippen LogP contribution >= 0.6 is 0 Å². The Labute approximate surface area is 164 Å². The van der Waals surface area contributed by atoms with Crippen molar-refractivity contribution in [2.24, 2.45) is 5.92 Å². The molecule has 8 nitrogen and oxygen atoms in total. The van der Waals surface area contributed by atoms with Gasteiger partial charge in [0.1, 0.15) is 5.82 Å². The molecule has 1 aliphatic carbocycles. The van der Waals surface area contributed by atoms with Crippen LogP contribution in [0, 0.1) is 26.7 Å². The van der Waals surface area contributed by atoms with Gasteiger partial charge in [-0.15, -0.1) is 0 Å². The van der Waals surface area contributed by atoms with Gasteiger partial charge in [0, 0.05) is 17.8 Å². The van der Waals surface area contributed by atoms with Crippen LogP contribution in [0.3, 0.4) is 0 Å². The molecule has 2 heterocycles. The second kappa shape index (κ2) is 7.27. The first-order chi connectivity index (χ1) is 13.4. The summed E-state index contributed by atoms with van der Waals surface area (Å²) in [6.45, 7) is 5.89. The number of benzene rings is 1. The van der Waals surface area contributed by atoms with Crippen molar-refractivity contribution >= 4 is 23.4 Å². The minimum absolute atomic E-state index is 0.0254. The number of carbonyl (C=O) groups excluding carboxylic acids is 2. The summed E-state index contributed by atoms with van der Waals surface area (Å²) < 4.78 is 1.63. The number of anilines is 2. The van der Waals surface area contributed by atoms with E-state index in [1.807, 2.05) is 39.0 Å². The lowest BCUT2D eigenvalue weighted by Crippen LogP contribution is -2.57. The van der Waals surface area contributed by atoms with E-state index in [-0.39, 0.29) is 23.9 Å². The van der Waals surface area contributed by atoms with Crippen LogP contribution in [0.1, 0.15) is 42.4 Å². The molecule has 148 valence electrons. The number of aryl methyl sites for hydroxylation is 3. The van der Waals surface area contributed by atoms with E-state index in [1.165, 1.54) is 5.56 Å². The molecule has 3 amide bonds. The fourth-order valence-electron chi connectivity index (χ4n) is 4.00. The summed E-state index contributed by atoms with van der Waals surface area (Å²) in [7, 11) is 0. The first-order valence-electron chi connectivity index (χ1n) is 9.68. The van der Waals surface area contributed by atoms with Crippen molar-refractivity contribution in [1.82, 2.24) is 20.4 Å². The molecule has 0 bridgehead atoms. The highest BCUT2D eigenvalue weighted by Gasteiger charge is 2.40. The van der Waals surface area contributed by atoms with Gasteiger partial charge in [-0.1, -0.05) is 12.5 Å². The number of hydrogen-bond acceptors (Lipinski definition) is 4. The third kappa shape index (κ3) is 3.60. The predicted molar refractivity (Wildman–Crippen MR) is 107 cm³/mol. The maximum atomic E-state index is 12.5. The molecule has 2 aliphatic rings. The van der Waals surface area contributed by atoms with Crippen molar-refractivity contribution in [3.63, 3.8) is 0 Å². The molecule has 0 spiro atoms. The minimum Gasteiger partial charge on any atom is -0.322 e. The highest BCUT2D eigenvalue weighted by molar-refractivity contribution is 5.99. The molecule has 4 rings (SSSR count). The molecule has 3 unspecified atom stereocenters. The molecule has 3 atom stereocenters. The Hall–Kier alpha value is -2.87. The van der Waals surface area contributed by atoms with Gasteiger partial charge < -0.3 is 10.6 Å². The van der Waals surface area contributed by atoms with E-state index in [0.29, 0.717) is 5.82 Å². The topological polar surface area (TPSA) is 100 Å². The summed E-state index contributed by atoms with van der Waals surface area (Å²) in [5.74, 6) is 0.593. The maximum Gasteiger partial charge on any atom is 0.324 e. The number of rotatable bonds is 3. The summed E-state index contributed by atoms with van der Waals surface area (Å²) in [6, 6.07) is 7.35. The van der Waals surface area contributed by atoms with Gasteiger partial charge in [0.2, 0.25) is 5.91 Å². The van der Waals surface area contributed by atoms with E-state index in [0.717, 1.165) is 36.2 Å². The van der Waals surface area contributed by atoms with Crippen LogP contribution in [0.4, 0.5) is 16.3 Å². The van der Waals surface area contributed by atoms with Gasteiger partial charge >= 0.3 is 6.03 Å². The second-order valence-electron chi connectivity index (χ2n) is 7.72. The van der Waals surface area contributed by atoms with E-state index in [1.54, 1.807) is 10.7 Å². The zero-order valence-electron chi connectivity index (χ0n) is 16.4. The maximum absolute atomic E-state index is 12.5. The molecular formula is C20H26N6O2. The molecular weight excluding hydrogens is 356 g/mol. The third-order valence-corrected chi connectivity index (χ3v) is 5.61. The van der Waals surface area contributed by atoms with Gasteiger partial charge in [0.15, 0.2) is 6.29 Å². The zero-order chi connectivity index (χ0) is 19.8. The normalized spacial score (nSPS) is 23.8. The average Bonchev–Trinajstić information content (AvgIpc) is 3.24. The number of urea groups is 1. The van der Waals surface area contributed by atoms with Crippen LogP contribution in [0.2, 0.25) is 0 Å². The molecule has 1 aromatic carbocycles. The van der Waals surface area contributed by atoms with Gasteiger partial charge in [-0.25, -0.2) is 9.48 Å². The fourth-order valence-corrected chi connectivity index (χ4v) is 4.00. The van der Waals surface area contributed by atoms with Crippen LogP contribution in [-0.2, 0) is 4.79 Å². The Balaban J connectivity index is 1.49. The largest absolute Gasteiger partial charge is 0.324 e. The Bertz CT molecular complexity index is 921. The molecule has 1 aliphatic heterocycles. The lowest BCUT2D eigenvalue weighted by atomic mass is 10.0. The summed E-state index contributed by atoms with van der Waals surface area (Å²) in [4.78, 5) is 24.9. The molecule has 28 heavy (non-hydrogen) atoms. The van der Waals surface area contributed by atoms with Crippen LogP contribution in [0.5, 0.6) is 0 Å². The average molecular weight is 382 g/mol. The molecule has 1 saturated carbocycles.